The highest BCUT2D eigenvalue weighted by atomic mass is 16.6. The number of rotatable bonds is 12. The van der Waals surface area contributed by atoms with Gasteiger partial charge in [0.2, 0.25) is 0 Å². The van der Waals surface area contributed by atoms with Gasteiger partial charge >= 0.3 is 18.0 Å². The van der Waals surface area contributed by atoms with E-state index in [1.54, 1.807) is 77.7 Å². The maximum absolute atomic E-state index is 12.7. The summed E-state index contributed by atoms with van der Waals surface area (Å²) in [4.78, 5) is 38.9. The topological polar surface area (TPSA) is 115 Å². The van der Waals surface area contributed by atoms with Gasteiger partial charge in [-0.2, -0.15) is 0 Å². The maximum atomic E-state index is 12.7. The Morgan fingerprint density at radius 1 is 0.775 bits per heavy atom. The molecule has 10 heteroatoms. The summed E-state index contributed by atoms with van der Waals surface area (Å²) in [6.45, 7) is 3.54. The molecular weight excluding hydrogens is 514 g/mol. The molecule has 0 spiro atoms. The Hall–Kier alpha value is -4.41. The molecule has 0 radical (unpaired) electrons. The quantitative estimate of drug-likeness (QED) is 0.202. The molecule has 3 aromatic carbocycles. The van der Waals surface area contributed by atoms with E-state index in [1.807, 2.05) is 12.1 Å². The number of urea groups is 1. The molecule has 1 atom stereocenters. The number of nitrogens with zero attached hydrogens (tertiary/aromatic N) is 1. The largest absolute Gasteiger partial charge is 0.490 e. The van der Waals surface area contributed by atoms with Gasteiger partial charge in [0.25, 0.3) is 0 Å². The van der Waals surface area contributed by atoms with Crippen LogP contribution in [0.2, 0.25) is 0 Å². The summed E-state index contributed by atoms with van der Waals surface area (Å²) < 4.78 is 22.2. The first-order valence-electron chi connectivity index (χ1n) is 13.2. The molecular formula is C30H33N3O7. The highest BCUT2D eigenvalue weighted by Gasteiger charge is 2.18. The number of carbonyl (C=O) groups excluding carboxylic acids is 3. The zero-order chi connectivity index (χ0) is 28.0. The monoisotopic (exact) mass is 547 g/mol. The van der Waals surface area contributed by atoms with E-state index in [0.29, 0.717) is 68.6 Å². The summed E-state index contributed by atoms with van der Waals surface area (Å²) in [5.41, 5.74) is 0.897. The number of benzene rings is 3. The number of amides is 2. The highest BCUT2D eigenvalue weighted by Crippen LogP contribution is 2.19. The first-order chi connectivity index (χ1) is 19.6. The third kappa shape index (κ3) is 9.11. The van der Waals surface area contributed by atoms with Gasteiger partial charge in [0.1, 0.15) is 24.2 Å². The van der Waals surface area contributed by atoms with Crippen LogP contribution >= 0.6 is 0 Å². The summed E-state index contributed by atoms with van der Waals surface area (Å²) in [5.74, 6) is 0.00116. The molecule has 2 amide bonds. The van der Waals surface area contributed by atoms with Crippen LogP contribution in [0.5, 0.6) is 11.5 Å². The summed E-state index contributed by atoms with van der Waals surface area (Å²) in [7, 11) is 0. The lowest BCUT2D eigenvalue weighted by molar-refractivity contribution is 0.0178. The lowest BCUT2D eigenvalue weighted by Crippen LogP contribution is -2.48. The Labute approximate surface area is 233 Å². The third-order valence-corrected chi connectivity index (χ3v) is 6.01. The van der Waals surface area contributed by atoms with Crippen molar-refractivity contribution in [1.82, 2.24) is 15.5 Å². The Morgan fingerprint density at radius 3 is 2.02 bits per heavy atom. The highest BCUT2D eigenvalue weighted by molar-refractivity contribution is 5.91. The average Bonchev–Trinajstić information content (AvgIpc) is 3.01. The number of ether oxygens (including phenoxy) is 4. The van der Waals surface area contributed by atoms with Gasteiger partial charge in [0.15, 0.2) is 0 Å². The number of hydrogen-bond acceptors (Lipinski definition) is 8. The fourth-order valence-corrected chi connectivity index (χ4v) is 3.86. The first-order valence-corrected chi connectivity index (χ1v) is 13.2. The van der Waals surface area contributed by atoms with Gasteiger partial charge < -0.3 is 34.5 Å². The van der Waals surface area contributed by atoms with Crippen LogP contribution in [0.15, 0.2) is 84.9 Å². The molecule has 1 aliphatic heterocycles. The number of morpholine rings is 1. The summed E-state index contributed by atoms with van der Waals surface area (Å²) >= 11 is 0. The second-order valence-corrected chi connectivity index (χ2v) is 8.97. The molecule has 0 bridgehead atoms. The first kappa shape index (κ1) is 28.6. The van der Waals surface area contributed by atoms with Crippen molar-refractivity contribution in [3.05, 3.63) is 96.1 Å². The summed E-state index contributed by atoms with van der Waals surface area (Å²) in [5, 5.41) is 6.08. The average molecular weight is 548 g/mol. The molecule has 10 nitrogen and oxygen atoms in total. The lowest BCUT2D eigenvalue weighted by atomic mass is 10.2. The minimum Gasteiger partial charge on any atom is -0.490 e. The zero-order valence-electron chi connectivity index (χ0n) is 22.1. The maximum Gasteiger partial charge on any atom is 0.343 e. The van der Waals surface area contributed by atoms with Crippen LogP contribution in [0.1, 0.15) is 20.7 Å². The van der Waals surface area contributed by atoms with Crippen molar-refractivity contribution < 1.29 is 33.3 Å². The van der Waals surface area contributed by atoms with Crippen molar-refractivity contribution in [1.29, 1.82) is 0 Å². The van der Waals surface area contributed by atoms with E-state index in [0.717, 1.165) is 0 Å². The molecule has 1 heterocycles. The molecule has 3 aromatic rings. The van der Waals surface area contributed by atoms with Crippen molar-refractivity contribution in [2.24, 2.45) is 0 Å². The van der Waals surface area contributed by atoms with E-state index >= 15 is 0 Å². The van der Waals surface area contributed by atoms with E-state index in [4.69, 9.17) is 18.9 Å². The van der Waals surface area contributed by atoms with Crippen LogP contribution in [0.4, 0.5) is 4.79 Å². The van der Waals surface area contributed by atoms with Gasteiger partial charge in [-0.1, -0.05) is 36.4 Å². The van der Waals surface area contributed by atoms with E-state index < -0.39 is 18.0 Å². The smallest absolute Gasteiger partial charge is 0.343 e. The molecule has 0 saturated carbocycles. The van der Waals surface area contributed by atoms with Crippen LogP contribution < -0.4 is 20.1 Å². The fourth-order valence-electron chi connectivity index (χ4n) is 3.86. The molecule has 40 heavy (non-hydrogen) atoms. The van der Waals surface area contributed by atoms with Gasteiger partial charge in [-0.15, -0.1) is 0 Å². The second kappa shape index (κ2) is 15.2. The van der Waals surface area contributed by atoms with Crippen LogP contribution in [0.25, 0.3) is 0 Å². The van der Waals surface area contributed by atoms with Crippen molar-refractivity contribution >= 4 is 18.0 Å². The molecule has 0 unspecified atom stereocenters. The van der Waals surface area contributed by atoms with Gasteiger partial charge in [-0.05, 0) is 48.5 Å². The fraction of sp³-hybridized carbons (Fsp3) is 0.300. The predicted octanol–water partition coefficient (Wildman–Crippen LogP) is 3.14. The standard InChI is InChI=1S/C30H33N3O7/c34-28(23-7-3-1-4-8-23)39-26-13-11-25(12-14-26)38-22-27(40-29(35)24-9-5-2-6-10-24)21-31-15-16-32-30(36)33-17-19-37-20-18-33/h1-14,27,31H,15-22H2,(H,32,36)/t27-/m0/s1. The minimum absolute atomic E-state index is 0.0921. The van der Waals surface area contributed by atoms with Crippen LogP contribution in [-0.4, -0.2) is 81.5 Å². The van der Waals surface area contributed by atoms with E-state index in [-0.39, 0.29) is 12.6 Å². The van der Waals surface area contributed by atoms with Crippen LogP contribution in [0, 0.1) is 0 Å². The molecule has 210 valence electrons. The number of carbonyl (C=O) groups is 3. The predicted molar refractivity (Wildman–Crippen MR) is 148 cm³/mol. The number of hydrogen-bond donors (Lipinski definition) is 2. The zero-order valence-corrected chi connectivity index (χ0v) is 22.1. The van der Waals surface area contributed by atoms with Gasteiger partial charge in [-0.25, -0.2) is 14.4 Å². The lowest BCUT2D eigenvalue weighted by Gasteiger charge is -2.27. The second-order valence-electron chi connectivity index (χ2n) is 8.97. The Balaban J connectivity index is 1.26. The Morgan fingerprint density at radius 2 is 1.38 bits per heavy atom. The van der Waals surface area contributed by atoms with Gasteiger partial charge in [0.05, 0.1) is 24.3 Å². The molecule has 1 aliphatic rings. The number of nitrogens with one attached hydrogen (secondary N) is 2. The Bertz CT molecular complexity index is 1220. The van der Waals surface area contributed by atoms with Gasteiger partial charge in [-0.3, -0.25) is 0 Å². The van der Waals surface area contributed by atoms with Gasteiger partial charge in [0, 0.05) is 32.7 Å². The third-order valence-electron chi connectivity index (χ3n) is 6.01. The number of esters is 2. The van der Waals surface area contributed by atoms with Crippen LogP contribution in [0.3, 0.4) is 0 Å². The summed E-state index contributed by atoms with van der Waals surface area (Å²) in [6.07, 6.45) is -0.599. The van der Waals surface area contributed by atoms with E-state index in [2.05, 4.69) is 10.6 Å². The molecule has 4 rings (SSSR count). The molecule has 0 aliphatic carbocycles. The van der Waals surface area contributed by atoms with E-state index in [1.165, 1.54) is 0 Å². The Kier molecular flexibility index (Phi) is 10.9. The van der Waals surface area contributed by atoms with Crippen molar-refractivity contribution in [3.8, 4) is 11.5 Å². The molecule has 1 fully saturated rings. The van der Waals surface area contributed by atoms with Crippen molar-refractivity contribution in [2.75, 3.05) is 52.5 Å². The summed E-state index contributed by atoms with van der Waals surface area (Å²) in [6, 6.07) is 24.0. The molecule has 2 N–H and O–H groups in total. The van der Waals surface area contributed by atoms with E-state index in [9.17, 15) is 14.4 Å². The van der Waals surface area contributed by atoms with Crippen molar-refractivity contribution in [3.63, 3.8) is 0 Å². The molecule has 1 saturated heterocycles. The SMILES string of the molecule is O=C(Oc1ccc(OC[C@H](CNCCNC(=O)N2CCOCC2)OC(=O)c2ccccc2)cc1)c1ccccc1. The van der Waals surface area contributed by atoms with Crippen LogP contribution in [-0.2, 0) is 9.47 Å². The normalized spacial score (nSPS) is 13.7. The molecule has 0 aromatic heterocycles. The van der Waals surface area contributed by atoms with Crippen molar-refractivity contribution in [2.45, 2.75) is 6.10 Å². The minimum atomic E-state index is -0.599.